The van der Waals surface area contributed by atoms with Crippen LogP contribution in [-0.4, -0.2) is 19.8 Å². The van der Waals surface area contributed by atoms with E-state index in [0.717, 1.165) is 12.2 Å². The van der Waals surface area contributed by atoms with Crippen LogP contribution in [0.5, 0.6) is 0 Å². The van der Waals surface area contributed by atoms with Gasteiger partial charge in [0.2, 0.25) is 0 Å². The zero-order valence-corrected chi connectivity index (χ0v) is 4.20. The molecule has 0 atom stereocenters. The summed E-state index contributed by atoms with van der Waals surface area (Å²) >= 11 is 0. The van der Waals surface area contributed by atoms with Gasteiger partial charge in [-0.25, -0.2) is 8.42 Å². The lowest BCUT2D eigenvalue weighted by Crippen LogP contribution is -1.99. The largest absolute Gasteiger partial charge is 0.228 e. The van der Waals surface area contributed by atoms with Crippen LogP contribution in [0.4, 0.5) is 0 Å². The van der Waals surface area contributed by atoms with Crippen LogP contribution in [0.3, 0.4) is 0 Å². The van der Waals surface area contributed by atoms with Gasteiger partial charge in [0.25, 0.3) is 0 Å². The molecule has 0 bridgehead atoms. The molecule has 0 aromatic heterocycles. The zero-order valence-electron chi connectivity index (χ0n) is 7.38. The van der Waals surface area contributed by atoms with Gasteiger partial charge in [-0.15, -0.1) is 0 Å². The first-order valence-corrected chi connectivity index (χ1v) is 3.14. The normalized spacial score (nSPS) is 48.6. The molecule has 0 spiro atoms. The molecule has 0 aliphatic carbocycles. The van der Waals surface area contributed by atoms with Crippen molar-refractivity contribution in [2.24, 2.45) is 0 Å². The molecule has 0 N–H and O–H groups in total. The summed E-state index contributed by atoms with van der Waals surface area (Å²) in [7, 11) is -4.35. The summed E-state index contributed by atoms with van der Waals surface area (Å²) in [4.78, 5) is 0. The Hall–Kier alpha value is -0.310. The zero-order chi connectivity index (χ0) is 8.91. The lowest BCUT2D eigenvalue weighted by atomic mass is 10.6. The van der Waals surface area contributed by atoms with E-state index < -0.39 is 21.2 Å². The molecular weight excluding hydrogens is 112 g/mol. The van der Waals surface area contributed by atoms with Crippen molar-refractivity contribution in [3.8, 4) is 0 Å². The van der Waals surface area contributed by atoms with Crippen LogP contribution in [-0.2, 0) is 9.84 Å². The predicted molar refractivity (Wildman–Crippen MR) is 27.8 cm³/mol. The van der Waals surface area contributed by atoms with E-state index in [1.807, 2.05) is 0 Å². The third-order valence-corrected chi connectivity index (χ3v) is 1.42. The summed E-state index contributed by atoms with van der Waals surface area (Å²) in [5.41, 5.74) is -5.12. The Labute approximate surface area is 48.4 Å². The van der Waals surface area contributed by atoms with Crippen LogP contribution in [0.2, 0.25) is 0 Å². The molecular formula is C4H6O2S. The van der Waals surface area contributed by atoms with Crippen molar-refractivity contribution in [3.63, 3.8) is 0 Å². The van der Waals surface area contributed by atoms with E-state index in [-0.39, 0.29) is 0 Å². The summed E-state index contributed by atoms with van der Waals surface area (Å²) < 4.78 is 49.4. The highest BCUT2D eigenvalue weighted by atomic mass is 32.2. The Morgan fingerprint density at radius 2 is 1.86 bits per heavy atom. The molecule has 0 saturated carbocycles. The predicted octanol–water partition coefficient (Wildman–Crippen LogP) is -0.0290. The van der Waals surface area contributed by atoms with Crippen molar-refractivity contribution in [1.29, 1.82) is 0 Å². The van der Waals surface area contributed by atoms with E-state index in [2.05, 4.69) is 0 Å². The Bertz CT molecular complexity index is 278. The van der Waals surface area contributed by atoms with E-state index in [1.54, 1.807) is 0 Å². The first-order chi connectivity index (χ1) is 4.71. The minimum Gasteiger partial charge on any atom is -0.228 e. The molecule has 0 aromatic rings. The fourth-order valence-electron chi connectivity index (χ4n) is 0.281. The lowest BCUT2D eigenvalue weighted by molar-refractivity contribution is 0.603. The number of hydrogen-bond donors (Lipinski definition) is 0. The summed E-state index contributed by atoms with van der Waals surface area (Å²) in [6, 6.07) is 0. The summed E-state index contributed by atoms with van der Waals surface area (Å²) in [6.45, 7) is 0. The minimum atomic E-state index is -4.35. The first kappa shape index (κ1) is 1.90. The molecule has 7 heavy (non-hydrogen) atoms. The van der Waals surface area contributed by atoms with E-state index in [0.29, 0.717) is 0 Å². The maximum atomic E-state index is 10.9. The van der Waals surface area contributed by atoms with Crippen molar-refractivity contribution in [1.82, 2.24) is 0 Å². The molecule has 0 fully saturated rings. The molecule has 1 heterocycles. The topological polar surface area (TPSA) is 34.1 Å². The van der Waals surface area contributed by atoms with Crippen LogP contribution in [0.25, 0.3) is 0 Å². The van der Waals surface area contributed by atoms with Gasteiger partial charge in [-0.2, -0.15) is 0 Å². The highest BCUT2D eigenvalue weighted by Crippen LogP contribution is 1.98. The highest BCUT2D eigenvalue weighted by Gasteiger charge is 2.09. The van der Waals surface area contributed by atoms with Gasteiger partial charge in [-0.05, 0) is 0 Å². The monoisotopic (exact) mass is 122 g/mol. The van der Waals surface area contributed by atoms with E-state index in [1.165, 1.54) is 0 Å². The molecule has 0 aromatic carbocycles. The number of sulfone groups is 1. The number of hydrogen-bond acceptors (Lipinski definition) is 2. The van der Waals surface area contributed by atoms with Gasteiger partial charge in [-0.1, -0.05) is 12.2 Å². The Kier molecular flexibility index (Phi) is 0.361. The molecule has 3 heteroatoms. The lowest BCUT2D eigenvalue weighted by Gasteiger charge is -1.82. The fourth-order valence-corrected chi connectivity index (χ4v) is 0.844. The molecule has 1 aliphatic rings. The quantitative estimate of drug-likeness (QED) is 0.423. The van der Waals surface area contributed by atoms with E-state index >= 15 is 0 Å². The van der Waals surface area contributed by atoms with Gasteiger partial charge in [0, 0.05) is 5.48 Å². The summed E-state index contributed by atoms with van der Waals surface area (Å²) in [6.07, 6.45) is 1.45. The highest BCUT2D eigenvalue weighted by molar-refractivity contribution is 7.91. The van der Waals surface area contributed by atoms with Crippen LogP contribution < -0.4 is 0 Å². The van der Waals surface area contributed by atoms with Crippen LogP contribution in [0.15, 0.2) is 12.2 Å². The smallest absolute Gasteiger partial charge is 0.157 e. The Morgan fingerprint density at radius 1 is 1.43 bits per heavy atom. The van der Waals surface area contributed by atoms with Crippen molar-refractivity contribution in [2.45, 2.75) is 0 Å². The second-order valence-electron chi connectivity index (χ2n) is 1.07. The molecule has 0 unspecified atom stereocenters. The molecule has 1 rings (SSSR count). The van der Waals surface area contributed by atoms with E-state index in [4.69, 9.17) is 5.48 Å². The minimum absolute atomic E-state index is 0.725. The maximum absolute atomic E-state index is 10.9. The third-order valence-electron chi connectivity index (χ3n) is 0.530. The first-order valence-electron chi connectivity index (χ1n) is 3.65. The van der Waals surface area contributed by atoms with E-state index in [9.17, 15) is 8.42 Å². The second kappa shape index (κ2) is 1.33. The molecule has 1 aliphatic heterocycles. The van der Waals surface area contributed by atoms with Crippen molar-refractivity contribution < 1.29 is 13.9 Å². The van der Waals surface area contributed by atoms with Gasteiger partial charge in [0.15, 0.2) is 9.84 Å². The van der Waals surface area contributed by atoms with Gasteiger partial charge in [-0.3, -0.25) is 0 Å². The average molecular weight is 122 g/mol. The van der Waals surface area contributed by atoms with Crippen molar-refractivity contribution >= 4 is 9.84 Å². The van der Waals surface area contributed by atoms with Crippen molar-refractivity contribution in [2.75, 3.05) is 11.4 Å². The Balaban J connectivity index is 3.33. The SMILES string of the molecule is [2H]C1([2H])C=CC([2H])([2H])S1(=O)=O. The Morgan fingerprint density at radius 3 is 2.00 bits per heavy atom. The third kappa shape index (κ3) is 1.03. The molecule has 0 amide bonds. The molecule has 2 nitrogen and oxygen atoms in total. The van der Waals surface area contributed by atoms with Gasteiger partial charge in [0.1, 0.15) is 0 Å². The fraction of sp³-hybridized carbons (Fsp3) is 0.500. The van der Waals surface area contributed by atoms with Crippen LogP contribution >= 0.6 is 0 Å². The summed E-state index contributed by atoms with van der Waals surface area (Å²) in [5.74, 6) is 0. The summed E-state index contributed by atoms with van der Waals surface area (Å²) in [5, 5.41) is 0. The standard InChI is InChI=1S/C4H6O2S/c5-7(6)3-1-2-4-7/h1-2H,3-4H2/i3D2,4D2. The van der Waals surface area contributed by atoms with Crippen molar-refractivity contribution in [3.05, 3.63) is 12.2 Å². The van der Waals surface area contributed by atoms with Gasteiger partial charge >= 0.3 is 0 Å². The average Bonchev–Trinajstić information content (AvgIpc) is 1.93. The molecule has 0 saturated heterocycles. The van der Waals surface area contributed by atoms with Crippen LogP contribution in [0.1, 0.15) is 5.48 Å². The molecule has 40 valence electrons. The van der Waals surface area contributed by atoms with Gasteiger partial charge in [0.05, 0.1) is 11.4 Å². The second-order valence-corrected chi connectivity index (χ2v) is 2.55. The molecule has 0 radical (unpaired) electrons. The number of rotatable bonds is 0. The maximum Gasteiger partial charge on any atom is 0.157 e. The van der Waals surface area contributed by atoms with Gasteiger partial charge < -0.3 is 0 Å². The van der Waals surface area contributed by atoms with Crippen LogP contribution in [0, 0.1) is 0 Å².